The van der Waals surface area contributed by atoms with Crippen LogP contribution in [0, 0.1) is 38.1 Å². The summed E-state index contributed by atoms with van der Waals surface area (Å²) in [5, 5.41) is 0. The molecule has 0 aliphatic heterocycles. The Kier molecular flexibility index (Phi) is 11.2. The minimum atomic E-state index is -3.45. The Balaban J connectivity index is 0.901. The van der Waals surface area contributed by atoms with Gasteiger partial charge in [-0.05, 0) is 13.8 Å². The average molecular weight is 971 g/mol. The number of carbonyl (C=O) groups excluding carboxylic acids is 6. The normalized spacial score (nSPS) is 30.7. The number of benzene rings is 3. The summed E-state index contributed by atoms with van der Waals surface area (Å²) in [5.41, 5.74) is -2.37. The first-order valence-corrected chi connectivity index (χ1v) is 24.5. The van der Waals surface area contributed by atoms with Gasteiger partial charge in [-0.2, -0.15) is 0 Å². The van der Waals surface area contributed by atoms with E-state index in [-0.39, 0.29) is 46.3 Å². The van der Waals surface area contributed by atoms with Crippen molar-refractivity contribution in [3.63, 3.8) is 0 Å². The zero-order chi connectivity index (χ0) is 44.3. The summed E-state index contributed by atoms with van der Waals surface area (Å²) in [6.45, 7) is 10.3. The molecule has 0 spiro atoms. The van der Waals surface area contributed by atoms with Gasteiger partial charge in [0.2, 0.25) is 0 Å². The summed E-state index contributed by atoms with van der Waals surface area (Å²) in [4.78, 5) is 80.8. The van der Waals surface area contributed by atoms with Crippen LogP contribution in [0.5, 0.6) is 11.5 Å². The fourth-order valence-electron chi connectivity index (χ4n) is 12.2. The zero-order valence-corrected chi connectivity index (χ0v) is 37.6. The average Bonchev–Trinajstić information content (AvgIpc) is 3.22. The maximum atomic E-state index is 14.7. The first kappa shape index (κ1) is 43.0. The van der Waals surface area contributed by atoms with Gasteiger partial charge in [0, 0.05) is 11.1 Å². The number of carbonyl (C=O) groups is 6. The molecule has 4 unspecified atom stereocenters. The molecule has 8 saturated carbocycles. The fraction of sp³-hybridized carbons (Fsp3) is 0.440. The van der Waals surface area contributed by atoms with Crippen molar-refractivity contribution in [2.75, 3.05) is 0 Å². The molecule has 8 bridgehead atoms. The molecular formula is C50H51IO12. The molecule has 0 heterocycles. The Morgan fingerprint density at radius 3 is 1.24 bits per heavy atom. The van der Waals surface area contributed by atoms with E-state index < -0.39 is 78.5 Å². The predicted octanol–water partition coefficient (Wildman–Crippen LogP) is 9.63. The van der Waals surface area contributed by atoms with Crippen LogP contribution in [0.3, 0.4) is 0 Å². The van der Waals surface area contributed by atoms with E-state index in [2.05, 4.69) is 13.2 Å². The van der Waals surface area contributed by atoms with Gasteiger partial charge in [-0.25, -0.2) is 9.59 Å². The molecule has 11 rings (SSSR count). The third kappa shape index (κ3) is 8.57. The fourth-order valence-corrected chi connectivity index (χ4v) is 15.5. The number of hydrogen-bond donors (Lipinski definition) is 0. The molecule has 3 aromatic carbocycles. The van der Waals surface area contributed by atoms with E-state index in [1.807, 2.05) is 30.3 Å². The standard InChI is InChI=1S/C50H51IO12/c1-30(2)41(52)58-39-14-10-36(11-15-39)43(54)60-49-24-32-18-33(25-49)21-47(20-32,28-49)45(56)62-51(38-8-6-5-7-9-38)63-46(57)48-22-34-19-35(23-48)27-50(26-34,29-48)61-44(55)37-12-16-40(17-13-37)59-42(53)31(3)4/h5-17,32-35H,1,3,18-29H2,2,4H3. The number of ether oxygens (including phenoxy) is 4. The van der Waals surface area contributed by atoms with Gasteiger partial charge < -0.3 is 0 Å². The van der Waals surface area contributed by atoms with Crippen LogP contribution in [0.2, 0.25) is 0 Å². The third-order valence-electron chi connectivity index (χ3n) is 14.0. The Hall–Kier alpha value is -5.31. The van der Waals surface area contributed by atoms with Crippen molar-refractivity contribution in [1.82, 2.24) is 0 Å². The van der Waals surface area contributed by atoms with Gasteiger partial charge in [-0.1, -0.05) is 13.2 Å². The molecule has 0 amide bonds. The molecule has 4 atom stereocenters. The van der Waals surface area contributed by atoms with Gasteiger partial charge in [0.1, 0.15) is 0 Å². The second-order valence-corrected chi connectivity index (χ2v) is 22.6. The van der Waals surface area contributed by atoms with Gasteiger partial charge in [-0.15, -0.1) is 0 Å². The Bertz CT molecular complexity index is 2210. The molecule has 12 nitrogen and oxygen atoms in total. The van der Waals surface area contributed by atoms with Gasteiger partial charge >= 0.3 is 329 Å². The van der Waals surface area contributed by atoms with Crippen LogP contribution in [-0.2, 0) is 34.8 Å². The molecule has 330 valence electrons. The van der Waals surface area contributed by atoms with Crippen molar-refractivity contribution < 1.29 is 53.8 Å². The number of rotatable bonds is 13. The zero-order valence-electron chi connectivity index (χ0n) is 35.5. The molecule has 63 heavy (non-hydrogen) atoms. The van der Waals surface area contributed by atoms with Gasteiger partial charge in [0.05, 0.1) is 0 Å². The van der Waals surface area contributed by atoms with Crippen LogP contribution in [0.4, 0.5) is 0 Å². The Morgan fingerprint density at radius 1 is 0.524 bits per heavy atom. The molecule has 0 N–H and O–H groups in total. The van der Waals surface area contributed by atoms with Gasteiger partial charge in [0.15, 0.2) is 0 Å². The molecule has 13 heteroatoms. The monoisotopic (exact) mass is 970 g/mol. The van der Waals surface area contributed by atoms with Crippen molar-refractivity contribution in [3.05, 3.63) is 118 Å². The SMILES string of the molecule is C=C(C)C(=O)Oc1ccc(C(=O)OC23CC4CC(C2)CC(C(=O)OI(OC(=O)C25CC6CC(CC(OC(=O)c7ccc(OC(=O)C(=C)C)cc7)(C6)C2)C5)c2ccccc2)(C4)C3)cc1. The molecule has 0 radical (unpaired) electrons. The van der Waals surface area contributed by atoms with Crippen LogP contribution in [0.1, 0.15) is 112 Å². The summed E-state index contributed by atoms with van der Waals surface area (Å²) in [7, 11) is 0. The summed E-state index contributed by atoms with van der Waals surface area (Å²) in [6, 6.07) is 21.6. The van der Waals surface area contributed by atoms with Crippen molar-refractivity contribution >= 4 is 56.5 Å². The summed E-state index contributed by atoms with van der Waals surface area (Å²) in [6.07, 6.45) is 7.60. The van der Waals surface area contributed by atoms with E-state index in [1.165, 1.54) is 24.3 Å². The van der Waals surface area contributed by atoms with Crippen molar-refractivity contribution in [2.45, 2.75) is 102 Å². The predicted molar refractivity (Wildman–Crippen MR) is 236 cm³/mol. The summed E-state index contributed by atoms with van der Waals surface area (Å²) >= 11 is -3.45. The van der Waals surface area contributed by atoms with Crippen LogP contribution >= 0.6 is 20.6 Å². The van der Waals surface area contributed by atoms with Gasteiger partial charge in [0.25, 0.3) is 0 Å². The molecule has 8 fully saturated rings. The molecule has 8 aliphatic carbocycles. The van der Waals surface area contributed by atoms with E-state index in [0.717, 1.165) is 12.8 Å². The Morgan fingerprint density at radius 2 is 0.889 bits per heavy atom. The summed E-state index contributed by atoms with van der Waals surface area (Å²) < 4.78 is 37.0. The topological polar surface area (TPSA) is 158 Å². The van der Waals surface area contributed by atoms with Crippen LogP contribution in [0.15, 0.2) is 103 Å². The maximum absolute atomic E-state index is 14.7. The van der Waals surface area contributed by atoms with E-state index >= 15 is 0 Å². The molecule has 8 aliphatic rings. The van der Waals surface area contributed by atoms with Crippen LogP contribution in [-0.4, -0.2) is 47.0 Å². The van der Waals surface area contributed by atoms with E-state index in [4.69, 9.17) is 25.1 Å². The quantitative estimate of drug-likeness (QED) is 0.0693. The second kappa shape index (κ2) is 16.4. The van der Waals surface area contributed by atoms with Crippen molar-refractivity contribution in [3.8, 4) is 11.5 Å². The third-order valence-corrected chi connectivity index (χ3v) is 17.3. The van der Waals surface area contributed by atoms with Crippen LogP contribution < -0.4 is 9.47 Å². The molecule has 3 aromatic rings. The van der Waals surface area contributed by atoms with E-state index in [0.29, 0.717) is 78.9 Å². The minimum absolute atomic E-state index is 0.167. The van der Waals surface area contributed by atoms with Crippen molar-refractivity contribution in [1.29, 1.82) is 0 Å². The molecular weight excluding hydrogens is 919 g/mol. The second-order valence-electron chi connectivity index (χ2n) is 19.3. The van der Waals surface area contributed by atoms with Crippen molar-refractivity contribution in [2.24, 2.45) is 34.5 Å². The first-order chi connectivity index (χ1) is 30.0. The summed E-state index contributed by atoms with van der Waals surface area (Å²) in [5.74, 6) is -1.72. The number of hydrogen-bond acceptors (Lipinski definition) is 12. The molecule has 0 aromatic heterocycles. The van der Waals surface area contributed by atoms with Crippen LogP contribution in [0.25, 0.3) is 0 Å². The van der Waals surface area contributed by atoms with Gasteiger partial charge in [-0.3, -0.25) is 0 Å². The number of halogens is 1. The number of esters is 4. The van der Waals surface area contributed by atoms with E-state index in [9.17, 15) is 28.8 Å². The van der Waals surface area contributed by atoms with E-state index in [1.54, 1.807) is 38.1 Å². The first-order valence-electron chi connectivity index (χ1n) is 21.7. The Labute approximate surface area is 374 Å². The molecule has 0 saturated heterocycles.